The van der Waals surface area contributed by atoms with E-state index in [0.29, 0.717) is 6.07 Å². The molecular weight excluding hydrogens is 178 g/mol. The van der Waals surface area contributed by atoms with Crippen LogP contribution in [0.15, 0.2) is 23.1 Å². The van der Waals surface area contributed by atoms with Crippen LogP contribution in [-0.4, -0.2) is 10.2 Å². The fourth-order valence-corrected chi connectivity index (χ4v) is 1.11. The van der Waals surface area contributed by atoms with Gasteiger partial charge in [-0.25, -0.2) is 8.78 Å². The molecule has 0 spiro atoms. The number of fused-ring (bicyclic) bond motifs is 1. The average molecular weight is 182 g/mol. The van der Waals surface area contributed by atoms with E-state index < -0.39 is 17.1 Å². The van der Waals surface area contributed by atoms with E-state index in [1.807, 2.05) is 0 Å². The Labute approximate surface area is 71.0 Å². The van der Waals surface area contributed by atoms with Crippen LogP contribution in [0.3, 0.4) is 0 Å². The smallest absolute Gasteiger partial charge is 0.208 e. The minimum atomic E-state index is -0.819. The van der Waals surface area contributed by atoms with Gasteiger partial charge in [-0.3, -0.25) is 9.89 Å². The first-order valence-corrected chi connectivity index (χ1v) is 3.51. The van der Waals surface area contributed by atoms with Crippen molar-refractivity contribution in [1.29, 1.82) is 0 Å². The van der Waals surface area contributed by atoms with E-state index in [4.69, 9.17) is 0 Å². The van der Waals surface area contributed by atoms with Gasteiger partial charge in [0.25, 0.3) is 0 Å². The fraction of sp³-hybridized carbons (Fsp3) is 0. The zero-order chi connectivity index (χ0) is 9.42. The third-order valence-corrected chi connectivity index (χ3v) is 1.68. The van der Waals surface area contributed by atoms with Crippen molar-refractivity contribution in [3.8, 4) is 0 Å². The van der Waals surface area contributed by atoms with Crippen molar-refractivity contribution in [2.24, 2.45) is 0 Å². The molecule has 0 radical (unpaired) electrons. The van der Waals surface area contributed by atoms with Crippen LogP contribution in [0.25, 0.3) is 10.9 Å². The molecule has 1 aromatic carbocycles. The van der Waals surface area contributed by atoms with Crippen LogP contribution in [-0.2, 0) is 0 Å². The number of hydrogen-bond donors (Lipinski definition) is 1. The van der Waals surface area contributed by atoms with E-state index >= 15 is 0 Å². The maximum absolute atomic E-state index is 13.0. The van der Waals surface area contributed by atoms with Gasteiger partial charge in [0, 0.05) is 6.07 Å². The Bertz CT molecular complexity index is 521. The highest BCUT2D eigenvalue weighted by Gasteiger charge is 2.06. The van der Waals surface area contributed by atoms with Gasteiger partial charge in [0.1, 0.15) is 11.3 Å². The Hall–Kier alpha value is -1.78. The molecule has 0 aliphatic heterocycles. The SMILES string of the molecule is O=c1cn[nH]c2c(F)cc(F)cc12. The van der Waals surface area contributed by atoms with Gasteiger partial charge in [-0.2, -0.15) is 5.10 Å². The van der Waals surface area contributed by atoms with Crippen LogP contribution in [0, 0.1) is 11.6 Å². The minimum absolute atomic E-state index is 0.0347. The molecule has 2 rings (SSSR count). The summed E-state index contributed by atoms with van der Waals surface area (Å²) in [6.07, 6.45) is 0.973. The van der Waals surface area contributed by atoms with Crippen LogP contribution in [0.1, 0.15) is 0 Å². The third-order valence-electron chi connectivity index (χ3n) is 1.68. The summed E-state index contributed by atoms with van der Waals surface area (Å²) in [5, 5.41) is 5.66. The van der Waals surface area contributed by atoms with Crippen molar-refractivity contribution in [1.82, 2.24) is 10.2 Å². The van der Waals surface area contributed by atoms with Gasteiger partial charge in [0.2, 0.25) is 5.43 Å². The van der Waals surface area contributed by atoms with Crippen LogP contribution in [0.4, 0.5) is 8.78 Å². The molecule has 0 fully saturated rings. The quantitative estimate of drug-likeness (QED) is 0.665. The van der Waals surface area contributed by atoms with Crippen molar-refractivity contribution < 1.29 is 8.78 Å². The molecule has 1 heterocycles. The largest absolute Gasteiger partial charge is 0.287 e. The molecular formula is C8H4F2N2O. The number of H-pyrrole nitrogens is 1. The van der Waals surface area contributed by atoms with Crippen molar-refractivity contribution in [2.45, 2.75) is 0 Å². The summed E-state index contributed by atoms with van der Waals surface area (Å²) in [6.45, 7) is 0. The Balaban J connectivity index is 3.03. The van der Waals surface area contributed by atoms with Crippen LogP contribution >= 0.6 is 0 Å². The predicted molar refractivity (Wildman–Crippen MR) is 42.3 cm³/mol. The van der Waals surface area contributed by atoms with E-state index in [1.165, 1.54) is 0 Å². The van der Waals surface area contributed by atoms with E-state index in [2.05, 4.69) is 10.2 Å². The molecule has 3 nitrogen and oxygen atoms in total. The third kappa shape index (κ3) is 1.18. The van der Waals surface area contributed by atoms with Gasteiger partial charge in [-0.05, 0) is 6.07 Å². The summed E-state index contributed by atoms with van der Waals surface area (Å²) in [7, 11) is 0. The van der Waals surface area contributed by atoms with E-state index in [0.717, 1.165) is 12.3 Å². The highest BCUT2D eigenvalue weighted by molar-refractivity contribution is 5.77. The van der Waals surface area contributed by atoms with Gasteiger partial charge in [-0.1, -0.05) is 0 Å². The molecule has 0 bridgehead atoms. The Kier molecular flexibility index (Phi) is 1.58. The van der Waals surface area contributed by atoms with Gasteiger partial charge in [0.05, 0.1) is 11.6 Å². The molecule has 1 N–H and O–H groups in total. The molecule has 0 amide bonds. The maximum atomic E-state index is 13.0. The number of benzene rings is 1. The highest BCUT2D eigenvalue weighted by atomic mass is 19.1. The molecule has 2 aromatic rings. The van der Waals surface area contributed by atoms with E-state index in [1.54, 1.807) is 0 Å². The zero-order valence-electron chi connectivity index (χ0n) is 6.34. The summed E-state index contributed by atoms with van der Waals surface area (Å²) in [6, 6.07) is 1.67. The molecule has 1 aromatic heterocycles. The van der Waals surface area contributed by atoms with Gasteiger partial charge >= 0.3 is 0 Å². The van der Waals surface area contributed by atoms with Gasteiger partial charge in [0.15, 0.2) is 5.82 Å². The fourth-order valence-electron chi connectivity index (χ4n) is 1.11. The number of halogens is 2. The second-order valence-corrected chi connectivity index (χ2v) is 2.54. The first-order valence-electron chi connectivity index (χ1n) is 3.51. The molecule has 0 unspecified atom stereocenters. The van der Waals surface area contributed by atoms with E-state index in [-0.39, 0.29) is 10.9 Å². The molecule has 5 heteroatoms. The van der Waals surface area contributed by atoms with Crippen molar-refractivity contribution >= 4 is 10.9 Å². The number of nitrogens with zero attached hydrogens (tertiary/aromatic N) is 1. The Morgan fingerprint density at radius 1 is 1.31 bits per heavy atom. The minimum Gasteiger partial charge on any atom is -0.287 e. The zero-order valence-corrected chi connectivity index (χ0v) is 6.34. The normalized spacial score (nSPS) is 10.6. The molecule has 66 valence electrons. The maximum Gasteiger partial charge on any atom is 0.208 e. The van der Waals surface area contributed by atoms with Crippen molar-refractivity contribution in [3.63, 3.8) is 0 Å². The first kappa shape index (κ1) is 7.85. The Morgan fingerprint density at radius 3 is 2.85 bits per heavy atom. The molecule has 0 aliphatic carbocycles. The monoisotopic (exact) mass is 182 g/mol. The second-order valence-electron chi connectivity index (χ2n) is 2.54. The summed E-state index contributed by atoms with van der Waals surface area (Å²) >= 11 is 0. The lowest BCUT2D eigenvalue weighted by atomic mass is 10.2. The molecule has 0 saturated heterocycles. The number of rotatable bonds is 0. The highest BCUT2D eigenvalue weighted by Crippen LogP contribution is 2.12. The van der Waals surface area contributed by atoms with Crippen molar-refractivity contribution in [2.75, 3.05) is 0 Å². The molecule has 0 saturated carbocycles. The number of aromatic amines is 1. The predicted octanol–water partition coefficient (Wildman–Crippen LogP) is 1.20. The molecule has 0 aliphatic rings. The lowest BCUT2D eigenvalue weighted by Gasteiger charge is -1.97. The van der Waals surface area contributed by atoms with Crippen LogP contribution in [0.5, 0.6) is 0 Å². The summed E-state index contributed by atoms with van der Waals surface area (Å²) in [5.41, 5.74) is -0.582. The van der Waals surface area contributed by atoms with Crippen molar-refractivity contribution in [3.05, 3.63) is 40.2 Å². The topological polar surface area (TPSA) is 45.8 Å². The second kappa shape index (κ2) is 2.62. The molecule has 0 atom stereocenters. The van der Waals surface area contributed by atoms with E-state index in [9.17, 15) is 13.6 Å². The molecule has 13 heavy (non-hydrogen) atoms. The number of hydrogen-bond acceptors (Lipinski definition) is 2. The summed E-state index contributed by atoms with van der Waals surface area (Å²) < 4.78 is 25.6. The summed E-state index contributed by atoms with van der Waals surface area (Å²) in [4.78, 5) is 11.1. The van der Waals surface area contributed by atoms with Gasteiger partial charge < -0.3 is 0 Å². The number of aromatic nitrogens is 2. The standard InChI is InChI=1S/C8H4F2N2O/c9-4-1-5-7(13)3-11-12-8(5)6(10)2-4/h1-3H,(H,12,13). The summed E-state index contributed by atoms with van der Waals surface area (Å²) in [5.74, 6) is -1.60. The lowest BCUT2D eigenvalue weighted by molar-refractivity contribution is 0.589. The van der Waals surface area contributed by atoms with Crippen LogP contribution in [0.2, 0.25) is 0 Å². The average Bonchev–Trinajstić information content (AvgIpc) is 2.07. The number of nitrogens with one attached hydrogen (secondary N) is 1. The lowest BCUT2D eigenvalue weighted by Crippen LogP contribution is -2.04. The van der Waals surface area contributed by atoms with Crippen LogP contribution < -0.4 is 5.43 Å². The Morgan fingerprint density at radius 2 is 2.08 bits per heavy atom. The van der Waals surface area contributed by atoms with Gasteiger partial charge in [-0.15, -0.1) is 0 Å². The first-order chi connectivity index (χ1) is 6.18.